The minimum Gasteiger partial charge on any atom is -0.358 e. The predicted octanol–water partition coefficient (Wildman–Crippen LogP) is 3.37. The molecule has 0 spiro atoms. The monoisotopic (exact) mass is 284 g/mol. The third-order valence-electron chi connectivity index (χ3n) is 4.28. The van der Waals surface area contributed by atoms with E-state index in [9.17, 15) is 4.79 Å². The fraction of sp³-hybridized carbons (Fsp3) is 0.412. The molecule has 1 heterocycles. The van der Waals surface area contributed by atoms with Gasteiger partial charge in [0.2, 0.25) is 5.55 Å². The van der Waals surface area contributed by atoms with Gasteiger partial charge in [-0.1, -0.05) is 25.1 Å². The fourth-order valence-electron chi connectivity index (χ4n) is 3.09. The molecule has 0 saturated carbocycles. The van der Waals surface area contributed by atoms with Crippen LogP contribution in [0.15, 0.2) is 40.4 Å². The second kappa shape index (κ2) is 4.72. The van der Waals surface area contributed by atoms with Gasteiger partial charge >= 0.3 is 0 Å². The number of fused-ring (bicyclic) bond motifs is 1. The van der Waals surface area contributed by atoms with Crippen molar-refractivity contribution in [3.63, 3.8) is 0 Å². The molecule has 21 heavy (non-hydrogen) atoms. The normalized spacial score (nSPS) is 19.9. The maximum absolute atomic E-state index is 12.4. The zero-order chi connectivity index (χ0) is 15.2. The number of hydrogen-bond donors (Lipinski definition) is 1. The molecule has 3 rings (SSSR count). The Morgan fingerprint density at radius 2 is 2.05 bits per heavy atom. The van der Waals surface area contributed by atoms with Crippen LogP contribution in [0.4, 0.5) is 0 Å². The van der Waals surface area contributed by atoms with Gasteiger partial charge in [-0.25, -0.2) is 0 Å². The van der Waals surface area contributed by atoms with Crippen molar-refractivity contribution in [2.75, 3.05) is 0 Å². The Labute approximate surface area is 123 Å². The fourth-order valence-corrected chi connectivity index (χ4v) is 3.09. The molecule has 4 nitrogen and oxygen atoms in total. The Hall–Kier alpha value is -2.10. The van der Waals surface area contributed by atoms with E-state index in [-0.39, 0.29) is 11.3 Å². The molecule has 4 heteroatoms. The predicted molar refractivity (Wildman–Crippen MR) is 80.9 cm³/mol. The van der Waals surface area contributed by atoms with Crippen LogP contribution in [0.3, 0.4) is 0 Å². The quantitative estimate of drug-likeness (QED) is 0.919. The van der Waals surface area contributed by atoms with E-state index in [1.807, 2.05) is 44.2 Å². The maximum Gasteiger partial charge on any atom is 0.248 e. The Morgan fingerprint density at radius 1 is 1.33 bits per heavy atom. The van der Waals surface area contributed by atoms with Crippen molar-refractivity contribution in [1.82, 2.24) is 4.74 Å². The van der Waals surface area contributed by atoms with Crippen molar-refractivity contribution in [3.05, 3.63) is 41.5 Å². The van der Waals surface area contributed by atoms with E-state index in [0.717, 1.165) is 22.9 Å². The van der Waals surface area contributed by atoms with Gasteiger partial charge in [-0.2, -0.15) is 4.74 Å². The highest BCUT2D eigenvalue weighted by atomic mass is 16.5. The Balaban J connectivity index is 2.17. The highest BCUT2D eigenvalue weighted by Gasteiger charge is 2.35. The van der Waals surface area contributed by atoms with Gasteiger partial charge in [0.05, 0.1) is 10.9 Å². The third-order valence-corrected chi connectivity index (χ3v) is 4.28. The van der Waals surface area contributed by atoms with Gasteiger partial charge in [0, 0.05) is 12.0 Å². The van der Waals surface area contributed by atoms with Gasteiger partial charge in [-0.3, -0.25) is 10.2 Å². The van der Waals surface area contributed by atoms with E-state index in [1.54, 1.807) is 4.74 Å². The molecule has 0 radical (unpaired) electrons. The first-order chi connectivity index (χ1) is 9.91. The van der Waals surface area contributed by atoms with Gasteiger partial charge < -0.3 is 4.52 Å². The Kier molecular flexibility index (Phi) is 3.12. The highest BCUT2D eigenvalue weighted by Crippen LogP contribution is 2.34. The van der Waals surface area contributed by atoms with Gasteiger partial charge in [-0.15, -0.1) is 0 Å². The van der Waals surface area contributed by atoms with Gasteiger partial charge in [0.15, 0.2) is 5.78 Å². The van der Waals surface area contributed by atoms with Crippen LogP contribution >= 0.6 is 0 Å². The second-order valence-electron chi connectivity index (χ2n) is 6.38. The van der Waals surface area contributed by atoms with Crippen LogP contribution < -0.4 is 5.55 Å². The van der Waals surface area contributed by atoms with Gasteiger partial charge in [-0.05, 0) is 38.3 Å². The lowest BCUT2D eigenvalue weighted by molar-refractivity contribution is -0.118. The second-order valence-corrected chi connectivity index (χ2v) is 6.38. The van der Waals surface area contributed by atoms with E-state index >= 15 is 0 Å². The molecule has 1 unspecified atom stereocenters. The number of hydrogen-bond acceptors (Lipinski definition) is 3. The van der Waals surface area contributed by atoms with Crippen molar-refractivity contribution in [3.8, 4) is 0 Å². The Morgan fingerprint density at radius 3 is 2.76 bits per heavy atom. The summed E-state index contributed by atoms with van der Waals surface area (Å²) in [7, 11) is 0. The lowest BCUT2D eigenvalue weighted by atomic mass is 9.81. The molecule has 2 aromatic rings. The topological polar surface area (TPSA) is 59.0 Å². The molecular formula is C17H20N2O2. The smallest absolute Gasteiger partial charge is 0.248 e. The average molecular weight is 284 g/mol. The molecule has 110 valence electrons. The third kappa shape index (κ3) is 2.15. The molecule has 1 aromatic carbocycles. The van der Waals surface area contributed by atoms with Crippen molar-refractivity contribution in [2.45, 2.75) is 39.2 Å². The summed E-state index contributed by atoms with van der Waals surface area (Å²) < 4.78 is 7.35. The molecule has 1 aliphatic rings. The molecule has 1 aromatic heterocycles. The first kappa shape index (κ1) is 13.9. The summed E-state index contributed by atoms with van der Waals surface area (Å²) in [4.78, 5) is 12.4. The summed E-state index contributed by atoms with van der Waals surface area (Å²) in [6.07, 6.45) is 3.53. The number of benzene rings is 1. The van der Waals surface area contributed by atoms with Gasteiger partial charge in [0.25, 0.3) is 0 Å². The number of para-hydroxylation sites is 1. The lowest BCUT2D eigenvalue weighted by Crippen LogP contribution is -2.34. The summed E-state index contributed by atoms with van der Waals surface area (Å²) in [6, 6.07) is 7.60. The summed E-state index contributed by atoms with van der Waals surface area (Å²) >= 11 is 0. The van der Waals surface area contributed by atoms with Crippen LogP contribution in [0.25, 0.3) is 10.9 Å². The standard InChI is InChI=1S/C17H20N2O2/c1-11-8-9-13(15(20)10-11)17(2,3)19-14-7-5-4-6-12(14)16(18)21-19/h4-7,9,11,18H,8,10H2,1-3H3. The summed E-state index contributed by atoms with van der Waals surface area (Å²) in [6.45, 7) is 6.04. The number of ketones is 1. The minimum absolute atomic E-state index is 0.135. The Bertz CT molecular complexity index is 792. The first-order valence-corrected chi connectivity index (χ1v) is 7.31. The van der Waals surface area contributed by atoms with Crippen molar-refractivity contribution >= 4 is 16.7 Å². The van der Waals surface area contributed by atoms with E-state index in [4.69, 9.17) is 9.93 Å². The number of carbonyl (C=O) groups excluding carboxylic acids is 1. The summed E-state index contributed by atoms with van der Waals surface area (Å²) in [5.74, 6) is 0.584. The van der Waals surface area contributed by atoms with Crippen LogP contribution in [0, 0.1) is 11.3 Å². The van der Waals surface area contributed by atoms with Crippen LogP contribution in [-0.4, -0.2) is 10.5 Å². The molecule has 1 aliphatic carbocycles. The molecular weight excluding hydrogens is 264 g/mol. The number of nitrogens with zero attached hydrogens (tertiary/aromatic N) is 1. The molecule has 1 N–H and O–H groups in total. The summed E-state index contributed by atoms with van der Waals surface area (Å²) in [5, 5.41) is 8.74. The largest absolute Gasteiger partial charge is 0.358 e. The van der Waals surface area contributed by atoms with E-state index in [1.165, 1.54) is 0 Å². The zero-order valence-corrected chi connectivity index (χ0v) is 12.6. The number of nitrogens with one attached hydrogen (secondary N) is 1. The van der Waals surface area contributed by atoms with Crippen molar-refractivity contribution < 1.29 is 9.32 Å². The molecule has 0 bridgehead atoms. The number of carbonyl (C=O) groups is 1. The lowest BCUT2D eigenvalue weighted by Gasteiger charge is -2.31. The van der Waals surface area contributed by atoms with Crippen molar-refractivity contribution in [2.24, 2.45) is 5.92 Å². The SMILES string of the molecule is CC1CC=C(C(C)(C)n2oc(=N)c3ccccc32)C(=O)C1. The zero-order valence-electron chi connectivity index (χ0n) is 12.6. The van der Waals surface area contributed by atoms with E-state index < -0.39 is 5.54 Å². The molecule has 1 atom stereocenters. The molecule has 0 saturated heterocycles. The van der Waals surface area contributed by atoms with E-state index in [2.05, 4.69) is 6.92 Å². The first-order valence-electron chi connectivity index (χ1n) is 7.31. The highest BCUT2D eigenvalue weighted by molar-refractivity contribution is 5.98. The van der Waals surface area contributed by atoms with Crippen LogP contribution in [0.2, 0.25) is 0 Å². The average Bonchev–Trinajstić information content (AvgIpc) is 2.77. The van der Waals surface area contributed by atoms with Crippen LogP contribution in [0.5, 0.6) is 0 Å². The number of aromatic nitrogens is 1. The van der Waals surface area contributed by atoms with Gasteiger partial charge in [0.1, 0.15) is 5.54 Å². The summed E-state index contributed by atoms with van der Waals surface area (Å²) in [5.41, 5.74) is 1.18. The number of allylic oxidation sites excluding steroid dienone is 2. The molecule has 0 amide bonds. The molecule has 0 aliphatic heterocycles. The maximum atomic E-state index is 12.4. The van der Waals surface area contributed by atoms with Crippen molar-refractivity contribution in [1.29, 1.82) is 5.41 Å². The minimum atomic E-state index is -0.587. The molecule has 0 fully saturated rings. The van der Waals surface area contributed by atoms with E-state index in [0.29, 0.717) is 12.3 Å². The number of Topliss-reactive ketones (excluding diaryl/α,β-unsaturated/α-hetero) is 1. The van der Waals surface area contributed by atoms with Crippen LogP contribution in [0.1, 0.15) is 33.6 Å². The van der Waals surface area contributed by atoms with Crippen LogP contribution in [-0.2, 0) is 10.3 Å². The number of rotatable bonds is 2.